The highest BCUT2D eigenvalue weighted by molar-refractivity contribution is 6.27. The number of carboxylic acids is 2. The second-order valence-electron chi connectivity index (χ2n) is 7.86. The molecule has 0 radical (unpaired) electrons. The fourth-order valence-corrected chi connectivity index (χ4v) is 4.30. The van der Waals surface area contributed by atoms with E-state index >= 15 is 0 Å². The van der Waals surface area contributed by atoms with E-state index in [0.717, 1.165) is 37.9 Å². The van der Waals surface area contributed by atoms with Crippen molar-refractivity contribution in [3.8, 4) is 0 Å². The van der Waals surface area contributed by atoms with Crippen molar-refractivity contribution in [3.05, 3.63) is 65.2 Å². The number of amides is 1. The second kappa shape index (κ2) is 10.2. The van der Waals surface area contributed by atoms with Crippen molar-refractivity contribution in [2.45, 2.75) is 51.1 Å². The lowest BCUT2D eigenvalue weighted by molar-refractivity contribution is -0.159. The van der Waals surface area contributed by atoms with E-state index in [2.05, 4.69) is 47.8 Å². The maximum atomic E-state index is 13.1. The van der Waals surface area contributed by atoms with Gasteiger partial charge in [-0.05, 0) is 61.8 Å². The lowest BCUT2D eigenvalue weighted by Gasteiger charge is -2.34. The smallest absolute Gasteiger partial charge is 0.414 e. The fourth-order valence-electron chi connectivity index (χ4n) is 4.30. The first kappa shape index (κ1) is 22.5. The molecular weight excluding hydrogens is 396 g/mol. The summed E-state index contributed by atoms with van der Waals surface area (Å²) in [5.41, 5.74) is 5.18. The standard InChI is InChI=1S/C22H26N2O.C2H2O4/c1-16(23-20-13-6-10-17-8-2-4-12-19(17)20)22(25)24-15-7-11-18-9-3-5-14-21(18)24;3-1(4)2(5)6/h2-5,8-9,12,14,16,20,23H,6-7,10-11,13,15H2,1H3;(H,3,4)(H,5,6). The van der Waals surface area contributed by atoms with Crippen LogP contribution < -0.4 is 10.2 Å². The Bertz CT molecular complexity index is 946. The number of benzene rings is 2. The Kier molecular flexibility index (Phi) is 7.41. The van der Waals surface area contributed by atoms with Gasteiger partial charge in [-0.15, -0.1) is 0 Å². The molecule has 4 rings (SSSR count). The summed E-state index contributed by atoms with van der Waals surface area (Å²) in [5, 5.41) is 18.4. The molecule has 0 fully saturated rings. The molecule has 2 unspecified atom stereocenters. The highest BCUT2D eigenvalue weighted by Gasteiger charge is 2.29. The molecule has 1 aliphatic heterocycles. The molecular formula is C24H28N2O5. The minimum absolute atomic E-state index is 0.178. The highest BCUT2D eigenvalue weighted by Crippen LogP contribution is 2.31. The molecule has 2 atom stereocenters. The average molecular weight is 424 g/mol. The van der Waals surface area contributed by atoms with Gasteiger partial charge < -0.3 is 15.1 Å². The van der Waals surface area contributed by atoms with E-state index in [1.807, 2.05) is 17.9 Å². The number of aliphatic carboxylic acids is 2. The van der Waals surface area contributed by atoms with Crippen LogP contribution in [0.25, 0.3) is 0 Å². The summed E-state index contributed by atoms with van der Waals surface area (Å²) in [4.78, 5) is 33.3. The van der Waals surface area contributed by atoms with Crippen molar-refractivity contribution in [2.75, 3.05) is 11.4 Å². The Labute approximate surface area is 181 Å². The lowest BCUT2D eigenvalue weighted by Crippen LogP contribution is -2.48. The van der Waals surface area contributed by atoms with Gasteiger partial charge in [-0.2, -0.15) is 0 Å². The minimum atomic E-state index is -1.82. The van der Waals surface area contributed by atoms with Crippen LogP contribution in [0, 0.1) is 0 Å². The number of carboxylic acid groups (broad SMARTS) is 2. The average Bonchev–Trinajstić information content (AvgIpc) is 2.78. The number of fused-ring (bicyclic) bond motifs is 2. The van der Waals surface area contributed by atoms with Crippen LogP contribution in [0.5, 0.6) is 0 Å². The third kappa shape index (κ3) is 5.49. The molecule has 3 N–H and O–H groups in total. The largest absolute Gasteiger partial charge is 0.473 e. The number of carbonyl (C=O) groups excluding carboxylic acids is 1. The van der Waals surface area contributed by atoms with Gasteiger partial charge in [0, 0.05) is 18.3 Å². The van der Waals surface area contributed by atoms with Gasteiger partial charge in [0.2, 0.25) is 5.91 Å². The van der Waals surface area contributed by atoms with Gasteiger partial charge in [-0.3, -0.25) is 10.1 Å². The van der Waals surface area contributed by atoms with E-state index in [1.54, 1.807) is 0 Å². The molecule has 2 aliphatic rings. The van der Waals surface area contributed by atoms with Crippen LogP contribution in [0.2, 0.25) is 0 Å². The number of nitrogens with zero attached hydrogens (tertiary/aromatic N) is 1. The van der Waals surface area contributed by atoms with Gasteiger partial charge in [0.05, 0.1) is 6.04 Å². The van der Waals surface area contributed by atoms with E-state index < -0.39 is 11.9 Å². The van der Waals surface area contributed by atoms with Crippen molar-refractivity contribution in [2.24, 2.45) is 0 Å². The monoisotopic (exact) mass is 424 g/mol. The molecule has 0 bridgehead atoms. The van der Waals surface area contributed by atoms with Gasteiger partial charge in [-0.25, -0.2) is 9.59 Å². The van der Waals surface area contributed by atoms with E-state index in [-0.39, 0.29) is 18.0 Å². The van der Waals surface area contributed by atoms with Gasteiger partial charge in [0.15, 0.2) is 0 Å². The van der Waals surface area contributed by atoms with Crippen molar-refractivity contribution in [1.82, 2.24) is 5.32 Å². The quantitative estimate of drug-likeness (QED) is 0.654. The lowest BCUT2D eigenvalue weighted by atomic mass is 9.87. The summed E-state index contributed by atoms with van der Waals surface area (Å²) in [7, 11) is 0. The minimum Gasteiger partial charge on any atom is -0.473 e. The first-order valence-electron chi connectivity index (χ1n) is 10.6. The number of hydrogen-bond acceptors (Lipinski definition) is 4. The van der Waals surface area contributed by atoms with Crippen LogP contribution in [-0.4, -0.2) is 40.6 Å². The van der Waals surface area contributed by atoms with Crippen LogP contribution in [0.15, 0.2) is 48.5 Å². The molecule has 7 heteroatoms. The van der Waals surface area contributed by atoms with Crippen LogP contribution in [0.3, 0.4) is 0 Å². The summed E-state index contributed by atoms with van der Waals surface area (Å²) < 4.78 is 0. The Morgan fingerprint density at radius 3 is 2.26 bits per heavy atom. The van der Waals surface area contributed by atoms with Crippen molar-refractivity contribution >= 4 is 23.5 Å². The molecule has 2 aromatic carbocycles. The van der Waals surface area contributed by atoms with Crippen LogP contribution in [0.1, 0.15) is 48.9 Å². The van der Waals surface area contributed by atoms with Gasteiger partial charge in [-0.1, -0.05) is 42.5 Å². The number of aryl methyl sites for hydroxylation is 2. The molecule has 0 aromatic heterocycles. The van der Waals surface area contributed by atoms with Gasteiger partial charge in [0.25, 0.3) is 0 Å². The summed E-state index contributed by atoms with van der Waals surface area (Å²) >= 11 is 0. The first-order valence-corrected chi connectivity index (χ1v) is 10.6. The molecule has 164 valence electrons. The zero-order valence-corrected chi connectivity index (χ0v) is 17.6. The van der Waals surface area contributed by atoms with E-state index in [4.69, 9.17) is 19.8 Å². The molecule has 0 saturated carbocycles. The number of rotatable bonds is 3. The number of para-hydroxylation sites is 1. The third-order valence-corrected chi connectivity index (χ3v) is 5.75. The normalized spacial score (nSPS) is 18.0. The number of hydrogen-bond donors (Lipinski definition) is 3. The summed E-state index contributed by atoms with van der Waals surface area (Å²) in [6.45, 7) is 2.83. The Hall–Kier alpha value is -3.19. The summed E-state index contributed by atoms with van der Waals surface area (Å²) in [6.07, 6.45) is 5.54. The molecule has 1 amide bonds. The van der Waals surface area contributed by atoms with Crippen molar-refractivity contribution in [3.63, 3.8) is 0 Å². The molecule has 0 saturated heterocycles. The van der Waals surface area contributed by atoms with Crippen LogP contribution in [-0.2, 0) is 27.2 Å². The zero-order chi connectivity index (χ0) is 22.4. The molecule has 1 heterocycles. The zero-order valence-electron chi connectivity index (χ0n) is 17.6. The van der Waals surface area contributed by atoms with E-state index in [0.29, 0.717) is 0 Å². The molecule has 0 spiro atoms. The predicted molar refractivity (Wildman–Crippen MR) is 117 cm³/mol. The van der Waals surface area contributed by atoms with Crippen molar-refractivity contribution < 1.29 is 24.6 Å². The molecule has 7 nitrogen and oxygen atoms in total. The SMILES string of the molecule is CC(NC1CCCc2ccccc21)C(=O)N1CCCc2ccccc21.O=C(O)C(=O)O. The highest BCUT2D eigenvalue weighted by atomic mass is 16.4. The van der Waals surface area contributed by atoms with Crippen LogP contribution >= 0.6 is 0 Å². The van der Waals surface area contributed by atoms with Crippen molar-refractivity contribution in [1.29, 1.82) is 0 Å². The maximum Gasteiger partial charge on any atom is 0.414 e. The van der Waals surface area contributed by atoms with E-state index in [1.165, 1.54) is 23.1 Å². The number of anilines is 1. The summed E-state index contributed by atoms with van der Waals surface area (Å²) in [6, 6.07) is 17.1. The van der Waals surface area contributed by atoms with Crippen LogP contribution in [0.4, 0.5) is 5.69 Å². The fraction of sp³-hybridized carbons (Fsp3) is 0.375. The molecule has 1 aliphatic carbocycles. The Morgan fingerprint density at radius 1 is 0.935 bits per heavy atom. The third-order valence-electron chi connectivity index (χ3n) is 5.75. The topological polar surface area (TPSA) is 107 Å². The number of nitrogens with one attached hydrogen (secondary N) is 1. The molecule has 31 heavy (non-hydrogen) atoms. The first-order chi connectivity index (χ1) is 14.9. The van der Waals surface area contributed by atoms with E-state index in [9.17, 15) is 4.79 Å². The molecule has 2 aromatic rings. The van der Waals surface area contributed by atoms with Gasteiger partial charge in [0.1, 0.15) is 0 Å². The maximum absolute atomic E-state index is 13.1. The Morgan fingerprint density at radius 2 is 1.55 bits per heavy atom. The number of carbonyl (C=O) groups is 3. The predicted octanol–water partition coefficient (Wildman–Crippen LogP) is 3.18. The Balaban J connectivity index is 0.000000401. The summed E-state index contributed by atoms with van der Waals surface area (Å²) in [5.74, 6) is -3.46. The second-order valence-corrected chi connectivity index (χ2v) is 7.86. The van der Waals surface area contributed by atoms with Gasteiger partial charge >= 0.3 is 11.9 Å².